The van der Waals surface area contributed by atoms with E-state index in [-0.39, 0.29) is 31.5 Å². The van der Waals surface area contributed by atoms with Crippen LogP contribution in [0.15, 0.2) is 24.3 Å². The molecule has 5 N–H and O–H groups in total. The van der Waals surface area contributed by atoms with Crippen LogP contribution < -0.4 is 26.0 Å². The summed E-state index contributed by atoms with van der Waals surface area (Å²) in [5.41, 5.74) is -1.64. The van der Waals surface area contributed by atoms with Crippen molar-refractivity contribution in [3.63, 3.8) is 0 Å². The molecule has 0 aliphatic rings. The van der Waals surface area contributed by atoms with E-state index >= 15 is 0 Å². The number of amides is 3. The van der Waals surface area contributed by atoms with E-state index in [0.29, 0.717) is 23.9 Å². The van der Waals surface area contributed by atoms with Crippen LogP contribution in [-0.4, -0.2) is 55.6 Å². The van der Waals surface area contributed by atoms with Gasteiger partial charge in [-0.15, -0.1) is 0 Å². The number of carbonyl (C=O) groups excluding carboxylic acids is 2. The molecule has 3 amide bonds. The van der Waals surface area contributed by atoms with Crippen LogP contribution in [0.4, 0.5) is 4.79 Å². The highest BCUT2D eigenvalue weighted by Gasteiger charge is 2.30. The van der Waals surface area contributed by atoms with E-state index in [1.165, 1.54) is 0 Å². The molecular formula is C18H29ClN4O4. The average Bonchev–Trinajstić information content (AvgIpc) is 2.62. The van der Waals surface area contributed by atoms with E-state index in [9.17, 15) is 14.7 Å². The zero-order valence-corrected chi connectivity index (χ0v) is 16.7. The molecule has 1 aromatic carbocycles. The first-order valence-corrected chi connectivity index (χ1v) is 9.29. The van der Waals surface area contributed by atoms with Crippen molar-refractivity contribution in [1.82, 2.24) is 21.3 Å². The molecule has 1 aromatic rings. The third-order valence-corrected chi connectivity index (χ3v) is 3.86. The smallest absolute Gasteiger partial charge is 0.317 e. The summed E-state index contributed by atoms with van der Waals surface area (Å²) in [5, 5.41) is 21.9. The first kappa shape index (κ1) is 23.0. The molecule has 0 aromatic heterocycles. The number of hydrogen-bond donors (Lipinski definition) is 5. The van der Waals surface area contributed by atoms with E-state index in [0.717, 1.165) is 0 Å². The van der Waals surface area contributed by atoms with Gasteiger partial charge in [-0.2, -0.15) is 0 Å². The quantitative estimate of drug-likeness (QED) is 0.282. The predicted molar refractivity (Wildman–Crippen MR) is 105 cm³/mol. The van der Waals surface area contributed by atoms with Crippen LogP contribution in [0, 0.1) is 5.92 Å². The lowest BCUT2D eigenvalue weighted by Crippen LogP contribution is -2.61. The van der Waals surface area contributed by atoms with Crippen LogP contribution in [0.5, 0.6) is 5.75 Å². The molecule has 27 heavy (non-hydrogen) atoms. The minimum absolute atomic E-state index is 0.0887. The summed E-state index contributed by atoms with van der Waals surface area (Å²) in [6.45, 7) is 6.49. The van der Waals surface area contributed by atoms with Crippen molar-refractivity contribution in [2.24, 2.45) is 5.92 Å². The number of aliphatic hydroxyl groups is 1. The van der Waals surface area contributed by atoms with E-state index in [2.05, 4.69) is 21.3 Å². The Bertz CT molecular complexity index is 615. The molecule has 152 valence electrons. The highest BCUT2D eigenvalue weighted by Crippen LogP contribution is 2.23. The van der Waals surface area contributed by atoms with Gasteiger partial charge >= 0.3 is 6.03 Å². The van der Waals surface area contributed by atoms with Gasteiger partial charge in [-0.1, -0.05) is 44.5 Å². The van der Waals surface area contributed by atoms with Gasteiger partial charge in [-0.3, -0.25) is 4.79 Å². The molecule has 0 aliphatic heterocycles. The van der Waals surface area contributed by atoms with Crippen LogP contribution in [0.3, 0.4) is 0 Å². The Morgan fingerprint density at radius 3 is 2.52 bits per heavy atom. The highest BCUT2D eigenvalue weighted by molar-refractivity contribution is 6.32. The van der Waals surface area contributed by atoms with Gasteiger partial charge in [-0.25, -0.2) is 4.79 Å². The minimum Gasteiger partial charge on any atom is -0.487 e. The maximum absolute atomic E-state index is 12.1. The van der Waals surface area contributed by atoms with Crippen molar-refractivity contribution < 1.29 is 19.4 Å². The Hall–Kier alpha value is -2.03. The molecule has 0 radical (unpaired) electrons. The topological polar surface area (TPSA) is 112 Å². The van der Waals surface area contributed by atoms with Crippen molar-refractivity contribution in [2.45, 2.75) is 26.5 Å². The molecule has 0 saturated heterocycles. The number of hydrogen-bond acceptors (Lipinski definition) is 5. The van der Waals surface area contributed by atoms with Gasteiger partial charge in [0.1, 0.15) is 12.4 Å². The molecular weight excluding hydrogens is 372 g/mol. The number of nitrogens with one attached hydrogen (secondary N) is 4. The number of halogens is 1. The number of urea groups is 1. The van der Waals surface area contributed by atoms with Crippen molar-refractivity contribution in [1.29, 1.82) is 0 Å². The molecule has 9 heteroatoms. The fraction of sp³-hybridized carbons (Fsp3) is 0.556. The van der Waals surface area contributed by atoms with Crippen LogP contribution in [0.25, 0.3) is 0 Å². The predicted octanol–water partition coefficient (Wildman–Crippen LogP) is 1.09. The minimum atomic E-state index is -1.64. The summed E-state index contributed by atoms with van der Waals surface area (Å²) < 4.78 is 5.56. The SMILES string of the molecule is CCNCC(O)(COc1ccccc1Cl)NC(=O)NCCNC(=O)C(C)C. The lowest BCUT2D eigenvalue weighted by atomic mass is 10.2. The normalized spacial score (nSPS) is 13.0. The molecule has 0 aliphatic carbocycles. The van der Waals surface area contributed by atoms with Gasteiger partial charge < -0.3 is 31.1 Å². The Labute approximate surface area is 165 Å². The number of benzene rings is 1. The van der Waals surface area contributed by atoms with Crippen LogP contribution in [-0.2, 0) is 4.79 Å². The Morgan fingerprint density at radius 2 is 1.89 bits per heavy atom. The van der Waals surface area contributed by atoms with Crippen LogP contribution >= 0.6 is 11.6 Å². The number of para-hydroxylation sites is 1. The van der Waals surface area contributed by atoms with Crippen LogP contribution in [0.2, 0.25) is 5.02 Å². The van der Waals surface area contributed by atoms with Gasteiger partial charge in [-0.05, 0) is 18.7 Å². The molecule has 1 unspecified atom stereocenters. The molecule has 0 spiro atoms. The maximum atomic E-state index is 12.1. The largest absolute Gasteiger partial charge is 0.487 e. The first-order chi connectivity index (χ1) is 12.8. The number of ether oxygens (including phenoxy) is 1. The second-order valence-corrected chi connectivity index (χ2v) is 6.76. The monoisotopic (exact) mass is 400 g/mol. The zero-order valence-electron chi connectivity index (χ0n) is 16.0. The molecule has 8 nitrogen and oxygen atoms in total. The Balaban J connectivity index is 2.52. The van der Waals surface area contributed by atoms with Crippen LogP contribution in [0.1, 0.15) is 20.8 Å². The fourth-order valence-corrected chi connectivity index (χ4v) is 2.23. The molecule has 0 heterocycles. The summed E-state index contributed by atoms with van der Waals surface area (Å²) in [7, 11) is 0. The van der Waals surface area contributed by atoms with Gasteiger partial charge in [0.05, 0.1) is 5.02 Å². The van der Waals surface area contributed by atoms with E-state index in [1.54, 1.807) is 38.1 Å². The molecule has 0 fully saturated rings. The average molecular weight is 401 g/mol. The second-order valence-electron chi connectivity index (χ2n) is 6.36. The van der Waals surface area contributed by atoms with Gasteiger partial charge in [0.2, 0.25) is 5.91 Å². The standard InChI is InChI=1S/C18H29ClN4O4/c1-4-20-11-18(26,12-27-15-8-6-5-7-14(15)19)23-17(25)22-10-9-21-16(24)13(2)3/h5-8,13,20,26H,4,9-12H2,1-3H3,(H,21,24)(H2,22,23,25). The lowest BCUT2D eigenvalue weighted by Gasteiger charge is -2.29. The number of carbonyl (C=O) groups is 2. The third kappa shape index (κ3) is 8.94. The second kappa shape index (κ2) is 11.6. The number of rotatable bonds is 11. The molecule has 0 bridgehead atoms. The van der Waals surface area contributed by atoms with Gasteiger partial charge in [0, 0.05) is 25.6 Å². The molecule has 1 rings (SSSR count). The summed E-state index contributed by atoms with van der Waals surface area (Å²) in [5.74, 6) is 0.202. The van der Waals surface area contributed by atoms with E-state index in [1.807, 2.05) is 6.92 Å². The fourth-order valence-electron chi connectivity index (χ4n) is 2.04. The number of likely N-dealkylation sites (N-methyl/N-ethyl adjacent to an activating group) is 1. The summed E-state index contributed by atoms with van der Waals surface area (Å²) >= 11 is 6.04. The van der Waals surface area contributed by atoms with Crippen molar-refractivity contribution in [2.75, 3.05) is 32.8 Å². The summed E-state index contributed by atoms with van der Waals surface area (Å²) in [6.07, 6.45) is 0. The van der Waals surface area contributed by atoms with Crippen molar-refractivity contribution >= 4 is 23.5 Å². The van der Waals surface area contributed by atoms with Crippen molar-refractivity contribution in [3.8, 4) is 5.75 Å². The third-order valence-electron chi connectivity index (χ3n) is 3.55. The highest BCUT2D eigenvalue weighted by atomic mass is 35.5. The maximum Gasteiger partial charge on any atom is 0.317 e. The van der Waals surface area contributed by atoms with Crippen molar-refractivity contribution in [3.05, 3.63) is 29.3 Å². The van der Waals surface area contributed by atoms with E-state index < -0.39 is 11.8 Å². The Kier molecular flexibility index (Phi) is 9.92. The summed E-state index contributed by atoms with van der Waals surface area (Å²) in [6, 6.07) is 6.30. The zero-order chi connectivity index (χ0) is 20.3. The first-order valence-electron chi connectivity index (χ1n) is 8.91. The van der Waals surface area contributed by atoms with Gasteiger partial charge in [0.25, 0.3) is 0 Å². The Morgan fingerprint density at radius 1 is 1.22 bits per heavy atom. The molecule has 0 saturated carbocycles. The summed E-state index contributed by atoms with van der Waals surface area (Å²) in [4.78, 5) is 23.5. The molecule has 1 atom stereocenters. The lowest BCUT2D eigenvalue weighted by molar-refractivity contribution is -0.123. The van der Waals surface area contributed by atoms with Gasteiger partial charge in [0.15, 0.2) is 5.72 Å². The van der Waals surface area contributed by atoms with E-state index in [4.69, 9.17) is 16.3 Å².